The van der Waals surface area contributed by atoms with Crippen LogP contribution in [0.3, 0.4) is 0 Å². The third-order valence-corrected chi connectivity index (χ3v) is 3.27. The zero-order chi connectivity index (χ0) is 14.4. The Bertz CT molecular complexity index is 303. The number of oxime groups is 1. The lowest BCUT2D eigenvalue weighted by atomic mass is 10.2. The van der Waals surface area contributed by atoms with Gasteiger partial charge in [-0.25, -0.2) is 4.79 Å². The maximum absolute atomic E-state index is 12.0. The van der Waals surface area contributed by atoms with Gasteiger partial charge in [-0.05, 0) is 45.7 Å². The van der Waals surface area contributed by atoms with E-state index in [1.54, 1.807) is 0 Å². The van der Waals surface area contributed by atoms with E-state index >= 15 is 0 Å². The summed E-state index contributed by atoms with van der Waals surface area (Å²) in [5.74, 6) is -0.305. The molecule has 0 fully saturated rings. The van der Waals surface area contributed by atoms with Crippen LogP contribution in [-0.4, -0.2) is 28.3 Å². The minimum Gasteiger partial charge on any atom is -0.515 e. The second-order valence-corrected chi connectivity index (χ2v) is 15.2. The van der Waals surface area contributed by atoms with Crippen molar-refractivity contribution >= 4 is 28.3 Å². The van der Waals surface area contributed by atoms with Gasteiger partial charge in [0.1, 0.15) is 0 Å². The molecule has 0 heterocycles. The van der Waals surface area contributed by atoms with Crippen molar-refractivity contribution in [2.45, 2.75) is 65.5 Å². The van der Waals surface area contributed by atoms with Crippen LogP contribution in [0.2, 0.25) is 39.3 Å². The summed E-state index contributed by atoms with van der Waals surface area (Å²) in [6, 6.07) is 0. The van der Waals surface area contributed by atoms with Gasteiger partial charge in [-0.3, -0.25) is 0 Å². The molecule has 0 rings (SSSR count). The lowest BCUT2D eigenvalue weighted by Crippen LogP contribution is -2.34. The van der Waals surface area contributed by atoms with Crippen LogP contribution in [0, 0.1) is 0 Å². The lowest BCUT2D eigenvalue weighted by molar-refractivity contribution is -0.127. The molecule has 0 N–H and O–H groups in total. The molecule has 0 aliphatic carbocycles. The highest BCUT2D eigenvalue weighted by atomic mass is 28.4. The zero-order valence-corrected chi connectivity index (χ0v) is 14.8. The summed E-state index contributed by atoms with van der Waals surface area (Å²) in [7, 11) is -3.62. The third kappa shape index (κ3) is 9.41. The summed E-state index contributed by atoms with van der Waals surface area (Å²) >= 11 is 0. The van der Waals surface area contributed by atoms with Crippen molar-refractivity contribution in [3.05, 3.63) is 0 Å². The Hall–Kier alpha value is -0.626. The van der Waals surface area contributed by atoms with Crippen LogP contribution >= 0.6 is 0 Å². The summed E-state index contributed by atoms with van der Waals surface area (Å²) in [6.45, 7) is 14.2. The first-order valence-corrected chi connectivity index (χ1v) is 13.3. The molecule has 6 heteroatoms. The number of carbonyl (C=O) groups is 1. The van der Waals surface area contributed by atoms with E-state index in [-0.39, 0.29) is 5.97 Å². The molecular weight excluding hydrogens is 262 g/mol. The van der Waals surface area contributed by atoms with Gasteiger partial charge in [-0.15, -0.1) is 0 Å². The average molecular weight is 290 g/mol. The molecule has 0 saturated heterocycles. The molecule has 0 aromatic heterocycles. The van der Waals surface area contributed by atoms with Gasteiger partial charge in [-0.1, -0.05) is 18.5 Å². The third-order valence-electron chi connectivity index (χ3n) is 1.83. The van der Waals surface area contributed by atoms with Gasteiger partial charge < -0.3 is 8.95 Å². The number of carbonyl (C=O) groups excluding carboxylic acids is 1. The Morgan fingerprint density at radius 1 is 1.06 bits per heavy atom. The Balaban J connectivity index is 4.71. The molecule has 0 saturated carbocycles. The fourth-order valence-corrected chi connectivity index (χ4v) is 2.12. The highest BCUT2D eigenvalue weighted by molar-refractivity contribution is 6.72. The molecule has 4 nitrogen and oxygen atoms in total. The van der Waals surface area contributed by atoms with Gasteiger partial charge in [0.05, 0.1) is 0 Å². The molecule has 0 atom stereocenters. The van der Waals surface area contributed by atoms with Crippen LogP contribution in [0.15, 0.2) is 5.16 Å². The maximum Gasteiger partial charge on any atom is 0.342 e. The predicted molar refractivity (Wildman–Crippen MR) is 80.8 cm³/mol. The minimum atomic E-state index is -1.87. The summed E-state index contributed by atoms with van der Waals surface area (Å²) in [5.41, 5.74) is 0.432. The topological polar surface area (TPSA) is 47.9 Å². The van der Waals surface area contributed by atoms with Crippen LogP contribution in [0.1, 0.15) is 26.2 Å². The van der Waals surface area contributed by atoms with Crippen molar-refractivity contribution in [3.63, 3.8) is 0 Å². The predicted octanol–water partition coefficient (Wildman–Crippen LogP) is 3.76. The van der Waals surface area contributed by atoms with Crippen molar-refractivity contribution < 1.29 is 13.7 Å². The van der Waals surface area contributed by atoms with E-state index in [2.05, 4.69) is 12.1 Å². The van der Waals surface area contributed by atoms with Crippen LogP contribution < -0.4 is 0 Å². The van der Waals surface area contributed by atoms with Crippen LogP contribution in [0.25, 0.3) is 0 Å². The second-order valence-electron chi connectivity index (χ2n) is 6.35. The molecule has 106 valence electrons. The standard InChI is InChI=1S/C12H27NO3Si2/c1-8-9-10-11(13-16-18(5,6)7)12(14)15-17(2,3)4/h8-10H2,1-7H3. The minimum absolute atomic E-state index is 0.305. The molecule has 0 unspecified atom stereocenters. The molecular formula is C12H27NO3Si2. The van der Waals surface area contributed by atoms with Gasteiger partial charge in [0, 0.05) is 6.42 Å². The molecule has 0 aromatic carbocycles. The highest BCUT2D eigenvalue weighted by Gasteiger charge is 2.24. The van der Waals surface area contributed by atoms with E-state index < -0.39 is 16.6 Å². The fraction of sp³-hybridized carbons (Fsp3) is 0.833. The zero-order valence-electron chi connectivity index (χ0n) is 12.8. The van der Waals surface area contributed by atoms with Crippen LogP contribution in [0.4, 0.5) is 0 Å². The molecule has 0 amide bonds. The van der Waals surface area contributed by atoms with Gasteiger partial charge in [0.2, 0.25) is 8.32 Å². The van der Waals surface area contributed by atoms with Gasteiger partial charge in [-0.2, -0.15) is 0 Å². The normalized spacial score (nSPS) is 13.4. The first-order valence-electron chi connectivity index (χ1n) is 6.53. The first kappa shape index (κ1) is 17.4. The molecule has 0 radical (unpaired) electrons. The number of hydrogen-bond donors (Lipinski definition) is 0. The Kier molecular flexibility index (Phi) is 6.84. The number of hydrogen-bond acceptors (Lipinski definition) is 4. The van der Waals surface area contributed by atoms with Crippen molar-refractivity contribution in [1.29, 1.82) is 0 Å². The quantitative estimate of drug-likeness (QED) is 0.407. The number of nitrogens with zero attached hydrogens (tertiary/aromatic N) is 1. The molecule has 0 bridgehead atoms. The van der Waals surface area contributed by atoms with Crippen molar-refractivity contribution in [3.8, 4) is 0 Å². The summed E-state index contributed by atoms with van der Waals surface area (Å²) in [4.78, 5) is 12.0. The van der Waals surface area contributed by atoms with Crippen LogP contribution in [-0.2, 0) is 13.7 Å². The fourth-order valence-electron chi connectivity index (χ4n) is 1.06. The summed E-state index contributed by atoms with van der Waals surface area (Å²) in [6.07, 6.45) is 2.57. The number of unbranched alkanes of at least 4 members (excludes halogenated alkanes) is 1. The molecule has 0 aromatic rings. The molecule has 0 aliphatic heterocycles. The molecule has 18 heavy (non-hydrogen) atoms. The Labute approximate surface area is 113 Å². The van der Waals surface area contributed by atoms with E-state index in [0.717, 1.165) is 12.8 Å². The van der Waals surface area contributed by atoms with Crippen LogP contribution in [0.5, 0.6) is 0 Å². The maximum atomic E-state index is 12.0. The van der Waals surface area contributed by atoms with E-state index in [9.17, 15) is 4.79 Å². The van der Waals surface area contributed by atoms with Crippen molar-refractivity contribution in [2.75, 3.05) is 0 Å². The van der Waals surface area contributed by atoms with Gasteiger partial charge in [0.25, 0.3) is 8.32 Å². The Morgan fingerprint density at radius 2 is 1.61 bits per heavy atom. The molecule has 0 spiro atoms. The average Bonchev–Trinajstić information content (AvgIpc) is 2.13. The summed E-state index contributed by atoms with van der Waals surface area (Å²) in [5, 5.41) is 4.04. The largest absolute Gasteiger partial charge is 0.515 e. The molecule has 0 aliphatic rings. The van der Waals surface area contributed by atoms with Gasteiger partial charge in [0.15, 0.2) is 5.71 Å². The van der Waals surface area contributed by atoms with Crippen molar-refractivity contribution in [2.24, 2.45) is 5.16 Å². The first-order chi connectivity index (χ1) is 8.05. The SMILES string of the molecule is CCCCC(=NO[Si](C)(C)C)C(=O)O[Si](C)(C)C. The smallest absolute Gasteiger partial charge is 0.342 e. The monoisotopic (exact) mass is 289 g/mol. The van der Waals surface area contributed by atoms with E-state index in [1.165, 1.54) is 0 Å². The lowest BCUT2D eigenvalue weighted by Gasteiger charge is -2.19. The van der Waals surface area contributed by atoms with E-state index in [1.807, 2.05) is 39.3 Å². The van der Waals surface area contributed by atoms with Gasteiger partial charge >= 0.3 is 5.97 Å². The van der Waals surface area contributed by atoms with E-state index in [4.69, 9.17) is 8.95 Å². The second kappa shape index (κ2) is 7.08. The number of rotatable bonds is 7. The van der Waals surface area contributed by atoms with Crippen molar-refractivity contribution in [1.82, 2.24) is 0 Å². The van der Waals surface area contributed by atoms with E-state index in [0.29, 0.717) is 12.1 Å². The highest BCUT2D eigenvalue weighted by Crippen LogP contribution is 2.09. The Morgan fingerprint density at radius 3 is 2.00 bits per heavy atom. The summed E-state index contributed by atoms with van der Waals surface area (Å²) < 4.78 is 10.9.